The van der Waals surface area contributed by atoms with Gasteiger partial charge in [0.15, 0.2) is 23.9 Å². The van der Waals surface area contributed by atoms with Crippen molar-refractivity contribution < 1.29 is 37.9 Å². The van der Waals surface area contributed by atoms with Crippen molar-refractivity contribution in [1.29, 1.82) is 0 Å². The first-order valence-corrected chi connectivity index (χ1v) is 17.2. The number of carboxylic acid groups (broad SMARTS) is 1. The highest BCUT2D eigenvalue weighted by atomic mass is 35.5. The molecule has 0 radical (unpaired) electrons. The Hall–Kier alpha value is -4.24. The van der Waals surface area contributed by atoms with Gasteiger partial charge in [0.2, 0.25) is 5.91 Å². The van der Waals surface area contributed by atoms with E-state index in [0.29, 0.717) is 73.0 Å². The zero-order chi connectivity index (χ0) is 35.7. The van der Waals surface area contributed by atoms with E-state index in [0.717, 1.165) is 19.6 Å². The number of ether oxygens (including phenoxy) is 1. The third-order valence-corrected chi connectivity index (χ3v) is 10.6. The Morgan fingerprint density at radius 1 is 1.10 bits per heavy atom. The summed E-state index contributed by atoms with van der Waals surface area (Å²) >= 11 is 12.8. The summed E-state index contributed by atoms with van der Waals surface area (Å²) in [6.07, 6.45) is 2.07. The van der Waals surface area contributed by atoms with Gasteiger partial charge in [-0.25, -0.2) is 14.2 Å². The number of hydrogen-bond acceptors (Lipinski definition) is 7. The van der Waals surface area contributed by atoms with Crippen molar-refractivity contribution >= 4 is 52.6 Å². The normalized spacial score (nSPS) is 20.8. The van der Waals surface area contributed by atoms with E-state index in [1.807, 2.05) is 0 Å². The van der Waals surface area contributed by atoms with Crippen LogP contribution in [-0.4, -0.2) is 125 Å². The summed E-state index contributed by atoms with van der Waals surface area (Å²) in [5.41, 5.74) is 1.35. The molecule has 3 aromatic rings. The number of methoxy groups -OCH3 is 1. The molecule has 3 fully saturated rings. The van der Waals surface area contributed by atoms with E-state index in [-0.39, 0.29) is 51.5 Å². The second-order valence-electron chi connectivity index (χ2n) is 13.2. The number of carbonyl (C=O) groups is 4. The highest BCUT2D eigenvalue weighted by molar-refractivity contribution is 6.34. The highest BCUT2D eigenvalue weighted by Gasteiger charge is 2.46. The van der Waals surface area contributed by atoms with Crippen molar-refractivity contribution in [2.45, 2.75) is 6.42 Å². The Morgan fingerprint density at radius 2 is 1.82 bits per heavy atom. The molecule has 0 spiro atoms. The van der Waals surface area contributed by atoms with E-state index in [1.54, 1.807) is 29.0 Å². The maximum Gasteiger partial charge on any atom is 0.359 e. The van der Waals surface area contributed by atoms with Gasteiger partial charge in [-0.1, -0.05) is 23.2 Å². The number of rotatable bonds is 10. The van der Waals surface area contributed by atoms with Crippen LogP contribution in [0.1, 0.15) is 27.4 Å². The molecular formula is C34H39Cl2FN7O6+. The minimum Gasteiger partial charge on any atom is -0.494 e. The summed E-state index contributed by atoms with van der Waals surface area (Å²) in [6.45, 7) is 5.17. The van der Waals surface area contributed by atoms with Crippen LogP contribution in [0.2, 0.25) is 10.0 Å². The lowest BCUT2D eigenvalue weighted by Crippen LogP contribution is -2.58. The molecule has 13 nitrogen and oxygen atoms in total. The molecule has 0 bridgehead atoms. The van der Waals surface area contributed by atoms with Crippen LogP contribution in [0.5, 0.6) is 5.75 Å². The van der Waals surface area contributed by atoms with Crippen LogP contribution in [0.4, 0.5) is 10.1 Å². The van der Waals surface area contributed by atoms with Crippen molar-refractivity contribution in [3.63, 3.8) is 0 Å². The maximum absolute atomic E-state index is 14.5. The number of nitrogens with one attached hydrogen (secondary N) is 2. The van der Waals surface area contributed by atoms with E-state index < -0.39 is 17.7 Å². The van der Waals surface area contributed by atoms with E-state index in [2.05, 4.69) is 15.6 Å². The molecule has 2 unspecified atom stereocenters. The molecule has 3 aliphatic heterocycles. The first kappa shape index (κ1) is 35.6. The predicted molar refractivity (Wildman–Crippen MR) is 184 cm³/mol. The van der Waals surface area contributed by atoms with Crippen molar-refractivity contribution in [2.24, 2.45) is 18.9 Å². The molecule has 2 aromatic carbocycles. The van der Waals surface area contributed by atoms with Crippen molar-refractivity contribution in [2.75, 3.05) is 77.9 Å². The number of benzene rings is 2. The Balaban J connectivity index is 1.04. The average Bonchev–Trinajstić information content (AvgIpc) is 3.67. The molecule has 50 heavy (non-hydrogen) atoms. The minimum atomic E-state index is -0.844. The number of aromatic nitrogens is 2. The molecule has 3 N–H and O–H groups in total. The van der Waals surface area contributed by atoms with Crippen LogP contribution >= 0.6 is 23.2 Å². The minimum absolute atomic E-state index is 0.00628. The number of likely N-dealkylation sites (tertiary alicyclic amines) is 1. The molecule has 16 heteroatoms. The van der Waals surface area contributed by atoms with Crippen LogP contribution in [-0.2, 0) is 16.6 Å². The number of quaternary nitrogens is 1. The summed E-state index contributed by atoms with van der Waals surface area (Å²) in [5.74, 6) is -2.16. The van der Waals surface area contributed by atoms with Crippen molar-refractivity contribution in [3.05, 3.63) is 63.8 Å². The Kier molecular flexibility index (Phi) is 10.4. The third-order valence-electron chi connectivity index (χ3n) is 9.96. The second kappa shape index (κ2) is 14.5. The lowest BCUT2D eigenvalue weighted by molar-refractivity contribution is -0.914. The quantitative estimate of drug-likeness (QED) is 0.270. The van der Waals surface area contributed by atoms with E-state index in [1.165, 1.54) is 36.1 Å². The van der Waals surface area contributed by atoms with E-state index in [4.69, 9.17) is 27.9 Å². The van der Waals surface area contributed by atoms with Crippen LogP contribution in [0.25, 0.3) is 11.3 Å². The Labute approximate surface area is 298 Å². The van der Waals surface area contributed by atoms with Crippen LogP contribution in [0.3, 0.4) is 0 Å². The fourth-order valence-corrected chi connectivity index (χ4v) is 7.75. The monoisotopic (exact) mass is 730 g/mol. The molecular weight excluding hydrogens is 692 g/mol. The fraction of sp³-hybridized carbons (Fsp3) is 0.441. The summed E-state index contributed by atoms with van der Waals surface area (Å²) in [5, 5.41) is 15.5. The number of anilines is 1. The van der Waals surface area contributed by atoms with Gasteiger partial charge in [0.1, 0.15) is 0 Å². The lowest BCUT2D eigenvalue weighted by atomic mass is 10.0. The van der Waals surface area contributed by atoms with Gasteiger partial charge in [0.25, 0.3) is 11.8 Å². The summed E-state index contributed by atoms with van der Waals surface area (Å²) < 4.78 is 21.4. The van der Waals surface area contributed by atoms with E-state index in [9.17, 15) is 28.7 Å². The Bertz CT molecular complexity index is 1830. The van der Waals surface area contributed by atoms with Gasteiger partial charge in [0.05, 0.1) is 60.2 Å². The third kappa shape index (κ3) is 7.15. The number of hydrogen-bond donors (Lipinski definition) is 3. The summed E-state index contributed by atoms with van der Waals surface area (Å²) in [4.78, 5) is 59.4. The predicted octanol–water partition coefficient (Wildman–Crippen LogP) is 3.22. The molecule has 2 atom stereocenters. The second-order valence-corrected chi connectivity index (χ2v) is 14.0. The van der Waals surface area contributed by atoms with Gasteiger partial charge in [-0.05, 0) is 30.3 Å². The number of piperazine rings is 1. The number of carboxylic acids is 1. The number of halogens is 3. The van der Waals surface area contributed by atoms with Gasteiger partial charge in [0, 0.05) is 69.9 Å². The van der Waals surface area contributed by atoms with Gasteiger partial charge in [-0.15, -0.1) is 0 Å². The van der Waals surface area contributed by atoms with Crippen molar-refractivity contribution in [1.82, 2.24) is 24.7 Å². The number of nitrogens with zero attached hydrogens (tertiary/aromatic N) is 5. The first-order valence-electron chi connectivity index (χ1n) is 16.4. The van der Waals surface area contributed by atoms with Gasteiger partial charge in [-0.3, -0.25) is 14.4 Å². The molecule has 0 aliphatic carbocycles. The number of carbonyl (C=O) groups excluding carboxylic acids is 3. The van der Waals surface area contributed by atoms with Gasteiger partial charge in [-0.2, -0.15) is 0 Å². The maximum atomic E-state index is 14.5. The van der Waals surface area contributed by atoms with Crippen molar-refractivity contribution in [3.8, 4) is 17.0 Å². The number of aliphatic carboxylic acids is 1. The molecule has 4 heterocycles. The molecule has 0 saturated carbocycles. The highest BCUT2D eigenvalue weighted by Crippen LogP contribution is 2.35. The lowest BCUT2D eigenvalue weighted by Gasteiger charge is -2.40. The Morgan fingerprint density at radius 3 is 2.46 bits per heavy atom. The average molecular weight is 732 g/mol. The van der Waals surface area contributed by atoms with Gasteiger partial charge < -0.3 is 39.3 Å². The SMILES string of the molecule is COc1ccc(-c2cnc(C(=O)Nc3ccc(C(=O)N4CCN(C(=O)C5CC[N+](CC(=O)O)(CC6CNC6)C5)CC4)c(Cl)c3)n2C)c(Cl)c1F. The van der Waals surface area contributed by atoms with Crippen LogP contribution in [0.15, 0.2) is 36.5 Å². The zero-order valence-corrected chi connectivity index (χ0v) is 29.3. The summed E-state index contributed by atoms with van der Waals surface area (Å²) in [6, 6.07) is 7.60. The topological polar surface area (TPSA) is 146 Å². The zero-order valence-electron chi connectivity index (χ0n) is 27.8. The smallest absolute Gasteiger partial charge is 0.359 e. The molecule has 1 aromatic heterocycles. The first-order chi connectivity index (χ1) is 23.9. The molecule has 6 rings (SSSR count). The van der Waals surface area contributed by atoms with Crippen LogP contribution in [0, 0.1) is 17.7 Å². The molecule has 3 amide bonds. The standard InChI is InChI=1S/C34H38Cl2FN7O6/c1-41-26(24-5-6-27(50-2)30(37)29(24)36)16-39-31(41)32(47)40-22-3-4-23(25(35)13-22)34(49)43-10-8-42(9-11-43)33(48)21-7-12-44(18-21,19-28(45)46)17-20-14-38-15-20/h3-6,13,16,20-21,38H,7-12,14-15,17-19H2,1-2H3,(H-,40,45,46,47,49)/p+1. The van der Waals surface area contributed by atoms with Crippen LogP contribution < -0.4 is 15.4 Å². The van der Waals surface area contributed by atoms with E-state index >= 15 is 0 Å². The molecule has 3 saturated heterocycles. The largest absolute Gasteiger partial charge is 0.494 e. The summed E-state index contributed by atoms with van der Waals surface area (Å²) in [7, 11) is 2.94. The molecule has 266 valence electrons. The van der Waals surface area contributed by atoms with Gasteiger partial charge >= 0.3 is 5.97 Å². The molecule has 3 aliphatic rings. The number of imidazole rings is 1. The number of amides is 3. The fourth-order valence-electron chi connectivity index (χ4n) is 7.24.